The summed E-state index contributed by atoms with van der Waals surface area (Å²) in [7, 11) is 0. The monoisotopic (exact) mass is 406 g/mol. The number of benzene rings is 2. The van der Waals surface area contributed by atoms with Crippen LogP contribution in [0.1, 0.15) is 67.1 Å². The second kappa shape index (κ2) is 8.90. The Hall–Kier alpha value is -2.82. The van der Waals surface area contributed by atoms with Gasteiger partial charge in [-0.1, -0.05) is 43.3 Å². The van der Waals surface area contributed by atoms with Gasteiger partial charge < -0.3 is 15.0 Å². The third kappa shape index (κ3) is 4.07. The number of rotatable bonds is 6. The highest BCUT2D eigenvalue weighted by atomic mass is 16.5. The lowest BCUT2D eigenvalue weighted by atomic mass is 9.87. The fraction of sp³-hybridized carbons (Fsp3) is 0.440. The lowest BCUT2D eigenvalue weighted by molar-refractivity contribution is -0.126. The molecule has 158 valence electrons. The predicted octanol–water partition coefficient (Wildman–Crippen LogP) is 4.48. The Morgan fingerprint density at radius 2 is 1.77 bits per heavy atom. The van der Waals surface area contributed by atoms with Crippen LogP contribution in [-0.4, -0.2) is 29.4 Å². The van der Waals surface area contributed by atoms with Gasteiger partial charge in [0, 0.05) is 17.2 Å². The van der Waals surface area contributed by atoms with Gasteiger partial charge in [-0.25, -0.2) is 0 Å². The van der Waals surface area contributed by atoms with Crippen LogP contribution >= 0.6 is 0 Å². The van der Waals surface area contributed by atoms with Gasteiger partial charge in [-0.15, -0.1) is 0 Å². The van der Waals surface area contributed by atoms with Crippen LogP contribution in [0, 0.1) is 5.92 Å². The summed E-state index contributed by atoms with van der Waals surface area (Å²) in [4.78, 5) is 28.3. The van der Waals surface area contributed by atoms with Gasteiger partial charge in [-0.2, -0.15) is 0 Å². The molecule has 1 saturated carbocycles. The van der Waals surface area contributed by atoms with Crippen LogP contribution in [0.5, 0.6) is 5.75 Å². The lowest BCUT2D eigenvalue weighted by Gasteiger charge is -2.30. The number of fused-ring (bicyclic) bond motifs is 1. The summed E-state index contributed by atoms with van der Waals surface area (Å²) in [5, 5.41) is 3.23. The van der Waals surface area contributed by atoms with Crippen LogP contribution in [0.2, 0.25) is 0 Å². The molecule has 5 nitrogen and oxygen atoms in total. The number of ether oxygens (including phenoxy) is 1. The first-order valence-corrected chi connectivity index (χ1v) is 11.0. The number of carbonyl (C=O) groups is 2. The molecule has 0 bridgehead atoms. The van der Waals surface area contributed by atoms with Gasteiger partial charge in [-0.05, 0) is 56.2 Å². The van der Waals surface area contributed by atoms with Crippen molar-refractivity contribution in [3.63, 3.8) is 0 Å². The number of para-hydroxylation sites is 1. The maximum absolute atomic E-state index is 13.4. The average Bonchev–Trinajstić information content (AvgIpc) is 3.03. The molecule has 2 aromatic rings. The Morgan fingerprint density at radius 3 is 2.53 bits per heavy atom. The summed E-state index contributed by atoms with van der Waals surface area (Å²) in [6.07, 6.45) is 4.28. The average molecular weight is 407 g/mol. The minimum atomic E-state index is -0.609. The SMILES string of the molecule is CCOc1ccccc1CN1C(=O)c2ccccc2C1C(=O)NC1CCC(C)CC1. The van der Waals surface area contributed by atoms with Gasteiger partial charge in [0.2, 0.25) is 5.91 Å². The second-order valence-electron chi connectivity index (χ2n) is 8.43. The molecule has 0 radical (unpaired) electrons. The van der Waals surface area contributed by atoms with Crippen LogP contribution in [-0.2, 0) is 11.3 Å². The maximum atomic E-state index is 13.4. The van der Waals surface area contributed by atoms with E-state index in [1.54, 1.807) is 4.90 Å². The third-order valence-corrected chi connectivity index (χ3v) is 6.28. The largest absolute Gasteiger partial charge is 0.494 e. The molecule has 1 atom stereocenters. The molecule has 2 amide bonds. The van der Waals surface area contributed by atoms with E-state index in [0.717, 1.165) is 48.5 Å². The molecule has 1 N–H and O–H groups in total. The third-order valence-electron chi connectivity index (χ3n) is 6.28. The number of hydrogen-bond donors (Lipinski definition) is 1. The van der Waals surface area contributed by atoms with E-state index in [-0.39, 0.29) is 17.9 Å². The molecule has 0 spiro atoms. The van der Waals surface area contributed by atoms with Crippen molar-refractivity contribution in [1.29, 1.82) is 0 Å². The summed E-state index contributed by atoms with van der Waals surface area (Å²) < 4.78 is 5.75. The van der Waals surface area contributed by atoms with Crippen molar-refractivity contribution in [2.24, 2.45) is 5.92 Å². The summed E-state index contributed by atoms with van der Waals surface area (Å²) in [6, 6.07) is 14.8. The number of nitrogens with one attached hydrogen (secondary N) is 1. The number of nitrogens with zero attached hydrogens (tertiary/aromatic N) is 1. The van der Waals surface area contributed by atoms with Crippen molar-refractivity contribution < 1.29 is 14.3 Å². The van der Waals surface area contributed by atoms with E-state index in [1.807, 2.05) is 55.5 Å². The van der Waals surface area contributed by atoms with Crippen molar-refractivity contribution >= 4 is 11.8 Å². The van der Waals surface area contributed by atoms with E-state index in [2.05, 4.69) is 12.2 Å². The molecule has 0 aromatic heterocycles. The quantitative estimate of drug-likeness (QED) is 0.770. The van der Waals surface area contributed by atoms with Crippen molar-refractivity contribution in [2.45, 2.75) is 58.2 Å². The molecule has 2 aromatic carbocycles. The zero-order valence-electron chi connectivity index (χ0n) is 17.8. The van der Waals surface area contributed by atoms with Crippen LogP contribution in [0.3, 0.4) is 0 Å². The summed E-state index contributed by atoms with van der Waals surface area (Å²) in [6.45, 7) is 5.09. The van der Waals surface area contributed by atoms with Gasteiger partial charge in [0.1, 0.15) is 11.8 Å². The highest BCUT2D eigenvalue weighted by Crippen LogP contribution is 2.36. The molecule has 2 aliphatic rings. The first-order chi connectivity index (χ1) is 14.6. The number of hydrogen-bond acceptors (Lipinski definition) is 3. The molecule has 0 saturated heterocycles. The maximum Gasteiger partial charge on any atom is 0.255 e. The highest BCUT2D eigenvalue weighted by Gasteiger charge is 2.41. The standard InChI is InChI=1S/C25H30N2O3/c1-3-30-22-11-7-4-8-18(22)16-27-23(20-9-5-6-10-21(20)25(27)29)24(28)26-19-14-12-17(2)13-15-19/h4-11,17,19,23H,3,12-16H2,1-2H3,(H,26,28). The molecule has 1 aliphatic heterocycles. The van der Waals surface area contributed by atoms with Crippen LogP contribution in [0.15, 0.2) is 48.5 Å². The van der Waals surface area contributed by atoms with Crippen molar-refractivity contribution in [1.82, 2.24) is 10.2 Å². The van der Waals surface area contributed by atoms with Crippen molar-refractivity contribution in [3.05, 3.63) is 65.2 Å². The normalized spacial score (nSPS) is 23.2. The minimum Gasteiger partial charge on any atom is -0.494 e. The zero-order chi connectivity index (χ0) is 21.1. The smallest absolute Gasteiger partial charge is 0.255 e. The molecular weight excluding hydrogens is 376 g/mol. The van der Waals surface area contributed by atoms with Gasteiger partial charge in [0.25, 0.3) is 5.91 Å². The topological polar surface area (TPSA) is 58.6 Å². The van der Waals surface area contributed by atoms with Crippen molar-refractivity contribution in [2.75, 3.05) is 6.61 Å². The van der Waals surface area contributed by atoms with Gasteiger partial charge in [0.15, 0.2) is 0 Å². The van der Waals surface area contributed by atoms with Crippen LogP contribution < -0.4 is 10.1 Å². The van der Waals surface area contributed by atoms with E-state index in [4.69, 9.17) is 4.74 Å². The van der Waals surface area contributed by atoms with Crippen molar-refractivity contribution in [3.8, 4) is 5.75 Å². The van der Waals surface area contributed by atoms with Gasteiger partial charge in [-0.3, -0.25) is 9.59 Å². The molecule has 1 heterocycles. The Kier molecular flexibility index (Phi) is 6.07. The number of carbonyl (C=O) groups excluding carboxylic acids is 2. The first kappa shape index (κ1) is 20.5. The molecule has 30 heavy (non-hydrogen) atoms. The summed E-state index contributed by atoms with van der Waals surface area (Å²) >= 11 is 0. The van der Waals surface area contributed by atoms with E-state index >= 15 is 0 Å². The van der Waals surface area contributed by atoms with Crippen LogP contribution in [0.25, 0.3) is 0 Å². The fourth-order valence-electron chi connectivity index (χ4n) is 4.61. The lowest BCUT2D eigenvalue weighted by Crippen LogP contribution is -2.44. The minimum absolute atomic E-state index is 0.0817. The van der Waals surface area contributed by atoms with E-state index in [1.165, 1.54) is 0 Å². The zero-order valence-corrected chi connectivity index (χ0v) is 17.8. The first-order valence-electron chi connectivity index (χ1n) is 11.0. The summed E-state index contributed by atoms with van der Waals surface area (Å²) in [5.41, 5.74) is 2.31. The molecule has 4 rings (SSSR count). The Bertz CT molecular complexity index is 918. The fourth-order valence-corrected chi connectivity index (χ4v) is 4.61. The predicted molar refractivity (Wildman–Crippen MR) is 116 cm³/mol. The Balaban J connectivity index is 1.60. The van der Waals surface area contributed by atoms with Gasteiger partial charge in [0.05, 0.1) is 13.2 Å². The molecule has 1 fully saturated rings. The second-order valence-corrected chi connectivity index (χ2v) is 8.43. The molecule has 1 unspecified atom stereocenters. The number of amides is 2. The molecule has 1 aliphatic carbocycles. The van der Waals surface area contributed by atoms with Gasteiger partial charge >= 0.3 is 0 Å². The van der Waals surface area contributed by atoms with E-state index in [0.29, 0.717) is 18.7 Å². The van der Waals surface area contributed by atoms with E-state index < -0.39 is 6.04 Å². The Labute approximate surface area is 178 Å². The van der Waals surface area contributed by atoms with Crippen LogP contribution in [0.4, 0.5) is 0 Å². The van der Waals surface area contributed by atoms with E-state index in [9.17, 15) is 9.59 Å². The Morgan fingerprint density at radius 1 is 1.07 bits per heavy atom. The molecule has 5 heteroatoms. The summed E-state index contributed by atoms with van der Waals surface area (Å²) in [5.74, 6) is 1.29. The highest BCUT2D eigenvalue weighted by molar-refractivity contribution is 6.04. The molecular formula is C25H30N2O3.